The first kappa shape index (κ1) is 22.7. The lowest BCUT2D eigenvalue weighted by Crippen LogP contribution is -2.12. The van der Waals surface area contributed by atoms with Gasteiger partial charge in [0.05, 0.1) is 22.4 Å². The number of nitrogens with zero attached hydrogens (tertiary/aromatic N) is 2. The van der Waals surface area contributed by atoms with E-state index in [-0.39, 0.29) is 17.4 Å². The number of nitrogens with one attached hydrogen (secondary N) is 2. The number of aromatic nitrogens is 1. The minimum atomic E-state index is -0.427. The van der Waals surface area contributed by atoms with Crippen molar-refractivity contribution in [3.05, 3.63) is 100.0 Å². The van der Waals surface area contributed by atoms with Crippen LogP contribution in [0.1, 0.15) is 11.3 Å². The largest absolute Gasteiger partial charge is 0.379 e. The molecule has 1 aromatic heterocycles. The van der Waals surface area contributed by atoms with Crippen molar-refractivity contribution in [3.8, 4) is 0 Å². The number of carbonyl (C=O) groups is 1. The molecule has 0 unspecified atom stereocenters. The number of nitro benzene ring substituents is 1. The van der Waals surface area contributed by atoms with Crippen molar-refractivity contribution in [1.82, 2.24) is 4.57 Å². The maximum Gasteiger partial charge on any atom is 0.270 e. The Morgan fingerprint density at radius 2 is 1.76 bits per heavy atom. The van der Waals surface area contributed by atoms with Crippen LogP contribution in [0.25, 0.3) is 10.9 Å². The third-order valence-electron chi connectivity index (χ3n) is 5.23. The lowest BCUT2D eigenvalue weighted by molar-refractivity contribution is -0.384. The highest BCUT2D eigenvalue weighted by molar-refractivity contribution is 14.1. The number of fused-ring (bicyclic) bond motifs is 1. The molecule has 4 rings (SSSR count). The molecular formula is C24H20FIN4O3. The molecule has 0 saturated carbocycles. The summed E-state index contributed by atoms with van der Waals surface area (Å²) in [5.74, 6) is -0.368. The molecule has 0 atom stereocenters. The lowest BCUT2D eigenvalue weighted by Gasteiger charge is -2.13. The molecule has 1 amide bonds. The van der Waals surface area contributed by atoms with Gasteiger partial charge in [-0.25, -0.2) is 4.39 Å². The van der Waals surface area contributed by atoms with E-state index in [1.165, 1.54) is 18.2 Å². The van der Waals surface area contributed by atoms with Crippen LogP contribution in [-0.2, 0) is 17.9 Å². The van der Waals surface area contributed by atoms with Crippen LogP contribution in [0.4, 0.5) is 21.5 Å². The molecular weight excluding hydrogens is 538 g/mol. The molecule has 168 valence electrons. The fraction of sp³-hybridized carbons (Fsp3) is 0.125. The minimum absolute atomic E-state index is 0.00851. The number of nitro groups is 1. The summed E-state index contributed by atoms with van der Waals surface area (Å²) in [7, 11) is 0. The van der Waals surface area contributed by atoms with Crippen LogP contribution in [0.5, 0.6) is 0 Å². The van der Waals surface area contributed by atoms with Crippen molar-refractivity contribution in [2.75, 3.05) is 15.1 Å². The number of rotatable bonds is 8. The molecule has 9 heteroatoms. The molecule has 0 spiro atoms. The van der Waals surface area contributed by atoms with E-state index in [4.69, 9.17) is 0 Å². The highest BCUT2D eigenvalue weighted by Crippen LogP contribution is 2.27. The van der Waals surface area contributed by atoms with Crippen LogP contribution in [0, 0.1) is 15.9 Å². The summed E-state index contributed by atoms with van der Waals surface area (Å²) in [6.45, 7) is 0.725. The molecule has 1 heterocycles. The third kappa shape index (κ3) is 5.30. The fourth-order valence-electron chi connectivity index (χ4n) is 3.62. The number of anilines is 2. The van der Waals surface area contributed by atoms with Gasteiger partial charge in [0.15, 0.2) is 0 Å². The van der Waals surface area contributed by atoms with Gasteiger partial charge in [0.25, 0.3) is 5.69 Å². The summed E-state index contributed by atoms with van der Waals surface area (Å²) in [5, 5.41) is 18.1. The Kier molecular flexibility index (Phi) is 6.87. The monoisotopic (exact) mass is 558 g/mol. The van der Waals surface area contributed by atoms with E-state index in [1.807, 2.05) is 57.5 Å². The number of benzene rings is 3. The van der Waals surface area contributed by atoms with E-state index >= 15 is 0 Å². The first-order valence-corrected chi connectivity index (χ1v) is 11.7. The standard InChI is InChI=1S/C24H20FIN4O3/c25-22-4-2-1-3-16(22)15-29-21(12-17-11-20(30(32)33)9-10-23(17)29)14-27-18-5-7-19(8-6-18)28-24(31)13-26/h1-12,27H,13-15H2,(H,28,31). The average Bonchev–Trinajstić information content (AvgIpc) is 3.16. The van der Waals surface area contributed by atoms with Gasteiger partial charge >= 0.3 is 0 Å². The number of carbonyl (C=O) groups excluding carboxylic acids is 1. The molecule has 0 radical (unpaired) electrons. The molecule has 0 aliphatic heterocycles. The first-order chi connectivity index (χ1) is 15.9. The summed E-state index contributed by atoms with van der Waals surface area (Å²) < 4.78 is 16.7. The zero-order valence-electron chi connectivity index (χ0n) is 17.4. The Bertz CT molecular complexity index is 1320. The predicted molar refractivity (Wildman–Crippen MR) is 135 cm³/mol. The molecule has 4 aromatic rings. The van der Waals surface area contributed by atoms with Crippen LogP contribution in [-0.4, -0.2) is 19.8 Å². The first-order valence-electron chi connectivity index (χ1n) is 10.1. The molecule has 2 N–H and O–H groups in total. The topological polar surface area (TPSA) is 89.2 Å². The second kappa shape index (κ2) is 9.99. The van der Waals surface area contributed by atoms with E-state index in [2.05, 4.69) is 10.6 Å². The molecule has 0 aliphatic rings. The molecule has 0 bridgehead atoms. The Balaban J connectivity index is 1.62. The summed E-state index contributed by atoms with van der Waals surface area (Å²) in [5.41, 5.74) is 3.74. The lowest BCUT2D eigenvalue weighted by atomic mass is 10.2. The average molecular weight is 558 g/mol. The molecule has 0 saturated heterocycles. The van der Waals surface area contributed by atoms with E-state index in [1.54, 1.807) is 24.3 Å². The van der Waals surface area contributed by atoms with Crippen molar-refractivity contribution in [3.63, 3.8) is 0 Å². The normalized spacial score (nSPS) is 10.8. The molecule has 33 heavy (non-hydrogen) atoms. The quantitative estimate of drug-likeness (QED) is 0.125. The number of non-ortho nitro benzene ring substituents is 1. The van der Waals surface area contributed by atoms with Gasteiger partial charge in [-0.2, -0.15) is 0 Å². The van der Waals surface area contributed by atoms with Crippen LogP contribution in [0.3, 0.4) is 0 Å². The molecule has 0 fully saturated rings. The van der Waals surface area contributed by atoms with Crippen molar-refractivity contribution in [2.45, 2.75) is 13.1 Å². The highest BCUT2D eigenvalue weighted by atomic mass is 127. The van der Waals surface area contributed by atoms with Gasteiger partial charge in [-0.15, -0.1) is 0 Å². The number of hydrogen-bond acceptors (Lipinski definition) is 4. The van der Waals surface area contributed by atoms with Gasteiger partial charge in [0.1, 0.15) is 5.82 Å². The van der Waals surface area contributed by atoms with Gasteiger partial charge in [0.2, 0.25) is 5.91 Å². The van der Waals surface area contributed by atoms with Gasteiger partial charge in [0, 0.05) is 45.7 Å². The second-order valence-corrected chi connectivity index (χ2v) is 8.19. The highest BCUT2D eigenvalue weighted by Gasteiger charge is 2.15. The maximum absolute atomic E-state index is 14.3. The van der Waals surface area contributed by atoms with Crippen LogP contribution in [0.2, 0.25) is 0 Å². The van der Waals surface area contributed by atoms with Gasteiger partial charge in [-0.1, -0.05) is 40.8 Å². The maximum atomic E-state index is 14.3. The summed E-state index contributed by atoms with van der Waals surface area (Å²) in [4.78, 5) is 22.3. The van der Waals surface area contributed by atoms with Crippen LogP contribution < -0.4 is 10.6 Å². The number of hydrogen-bond donors (Lipinski definition) is 2. The Labute approximate surface area is 202 Å². The summed E-state index contributed by atoms with van der Waals surface area (Å²) in [6.07, 6.45) is 0. The Morgan fingerprint density at radius 3 is 2.45 bits per heavy atom. The molecule has 0 aliphatic carbocycles. The minimum Gasteiger partial charge on any atom is -0.379 e. The van der Waals surface area contributed by atoms with E-state index in [0.717, 1.165) is 16.9 Å². The Morgan fingerprint density at radius 1 is 1.03 bits per heavy atom. The van der Waals surface area contributed by atoms with E-state index < -0.39 is 4.92 Å². The molecule has 3 aromatic carbocycles. The van der Waals surface area contributed by atoms with Crippen LogP contribution >= 0.6 is 22.6 Å². The van der Waals surface area contributed by atoms with Gasteiger partial charge in [-0.05, 0) is 42.5 Å². The van der Waals surface area contributed by atoms with Crippen molar-refractivity contribution in [2.24, 2.45) is 0 Å². The SMILES string of the molecule is O=C(CI)Nc1ccc(NCc2cc3cc([N+](=O)[O-])ccc3n2Cc2ccccc2F)cc1. The summed E-state index contributed by atoms with van der Waals surface area (Å²) in [6, 6.07) is 20.5. The third-order valence-corrected chi connectivity index (χ3v) is 5.92. The van der Waals surface area contributed by atoms with E-state index in [9.17, 15) is 19.3 Å². The van der Waals surface area contributed by atoms with Crippen molar-refractivity contribution in [1.29, 1.82) is 0 Å². The number of halogens is 2. The Hall–Kier alpha value is -3.47. The van der Waals surface area contributed by atoms with E-state index in [0.29, 0.717) is 34.2 Å². The zero-order chi connectivity index (χ0) is 23.4. The molecule has 7 nitrogen and oxygen atoms in total. The summed E-state index contributed by atoms with van der Waals surface area (Å²) >= 11 is 2.00. The predicted octanol–water partition coefficient (Wildman–Crippen LogP) is 5.72. The second-order valence-electron chi connectivity index (χ2n) is 7.43. The number of alkyl halides is 1. The van der Waals surface area contributed by atoms with Gasteiger partial charge < -0.3 is 15.2 Å². The number of amides is 1. The van der Waals surface area contributed by atoms with Gasteiger partial charge in [-0.3, -0.25) is 14.9 Å². The smallest absolute Gasteiger partial charge is 0.270 e. The van der Waals surface area contributed by atoms with Crippen molar-refractivity contribution >= 4 is 56.5 Å². The fourth-order valence-corrected chi connectivity index (χ4v) is 3.81. The zero-order valence-corrected chi connectivity index (χ0v) is 19.6. The van der Waals surface area contributed by atoms with Crippen LogP contribution in [0.15, 0.2) is 72.8 Å². The van der Waals surface area contributed by atoms with Crippen molar-refractivity contribution < 1.29 is 14.1 Å².